The number of aryl methyl sites for hydroxylation is 1. The van der Waals surface area contributed by atoms with Crippen molar-refractivity contribution in [2.45, 2.75) is 11.9 Å². The third-order valence-corrected chi connectivity index (χ3v) is 3.36. The van der Waals surface area contributed by atoms with Gasteiger partial charge in [-0.15, -0.1) is 0 Å². The van der Waals surface area contributed by atoms with Crippen molar-refractivity contribution >= 4 is 21.5 Å². The number of anilines is 2. The summed E-state index contributed by atoms with van der Waals surface area (Å²) < 4.78 is 26.0. The zero-order valence-electron chi connectivity index (χ0n) is 9.01. The van der Waals surface area contributed by atoms with Gasteiger partial charge in [0.2, 0.25) is 0 Å². The summed E-state index contributed by atoms with van der Waals surface area (Å²) >= 11 is 0. The van der Waals surface area contributed by atoms with Gasteiger partial charge in [-0.05, 0) is 18.6 Å². The summed E-state index contributed by atoms with van der Waals surface area (Å²) in [5.41, 5.74) is 6.66. The molecule has 0 unspecified atom stereocenters. The summed E-state index contributed by atoms with van der Waals surface area (Å²) in [5, 5.41) is -0.0180. The Morgan fingerprint density at radius 1 is 1.41 bits per heavy atom. The second kappa shape index (κ2) is 4.06. The van der Waals surface area contributed by atoms with Gasteiger partial charge in [0.15, 0.2) is 5.03 Å². The normalized spacial score (nSPS) is 11.4. The Hall–Kier alpha value is -2.09. The molecular weight excluding hydrogens is 242 g/mol. The number of H-pyrrole nitrogens is 1. The summed E-state index contributed by atoms with van der Waals surface area (Å²) in [6, 6.07) is 1.64. The van der Waals surface area contributed by atoms with Crippen LogP contribution in [-0.4, -0.2) is 23.4 Å². The van der Waals surface area contributed by atoms with Gasteiger partial charge in [0, 0.05) is 0 Å². The van der Waals surface area contributed by atoms with Crippen molar-refractivity contribution in [2.24, 2.45) is 0 Å². The van der Waals surface area contributed by atoms with Gasteiger partial charge >= 0.3 is 0 Å². The van der Waals surface area contributed by atoms with E-state index in [2.05, 4.69) is 19.7 Å². The van der Waals surface area contributed by atoms with Crippen molar-refractivity contribution in [3.63, 3.8) is 0 Å². The highest BCUT2D eigenvalue weighted by Gasteiger charge is 2.17. The molecule has 8 heteroatoms. The Balaban J connectivity index is 2.33. The van der Waals surface area contributed by atoms with Gasteiger partial charge in [0.1, 0.15) is 5.82 Å². The van der Waals surface area contributed by atoms with Crippen molar-refractivity contribution in [1.82, 2.24) is 15.0 Å². The van der Waals surface area contributed by atoms with Gasteiger partial charge in [-0.3, -0.25) is 4.72 Å². The molecule has 4 N–H and O–H groups in total. The fraction of sp³-hybridized carbons (Fsp3) is 0.111. The minimum Gasteiger partial charge on any atom is -0.397 e. The average molecular weight is 253 g/mol. The Kier molecular flexibility index (Phi) is 2.72. The number of rotatable bonds is 3. The maximum absolute atomic E-state index is 11.8. The van der Waals surface area contributed by atoms with Crippen LogP contribution in [0, 0.1) is 6.92 Å². The summed E-state index contributed by atoms with van der Waals surface area (Å²) in [7, 11) is -3.68. The number of aromatic amines is 1. The molecule has 0 aromatic carbocycles. The molecule has 17 heavy (non-hydrogen) atoms. The molecule has 0 atom stereocenters. The van der Waals surface area contributed by atoms with E-state index in [4.69, 9.17) is 5.73 Å². The molecule has 0 spiro atoms. The lowest BCUT2D eigenvalue weighted by Crippen LogP contribution is -2.15. The van der Waals surface area contributed by atoms with Crippen LogP contribution in [0.5, 0.6) is 0 Å². The molecule has 2 aromatic heterocycles. The summed E-state index contributed by atoms with van der Waals surface area (Å²) in [6.45, 7) is 1.72. The number of imidazole rings is 1. The van der Waals surface area contributed by atoms with E-state index in [9.17, 15) is 8.42 Å². The number of nitrogens with two attached hydrogens (primary N) is 1. The second-order valence-corrected chi connectivity index (χ2v) is 5.11. The first kappa shape index (κ1) is 11.4. The highest BCUT2D eigenvalue weighted by atomic mass is 32.2. The van der Waals surface area contributed by atoms with Gasteiger partial charge in [0.05, 0.1) is 24.4 Å². The first-order valence-electron chi connectivity index (χ1n) is 4.72. The number of nitrogens with zero attached hydrogens (tertiary/aromatic N) is 2. The predicted molar refractivity (Wildman–Crippen MR) is 62.8 cm³/mol. The second-order valence-electron chi connectivity index (χ2n) is 3.46. The predicted octanol–water partition coefficient (Wildman–Crippen LogP) is 0.496. The highest BCUT2D eigenvalue weighted by Crippen LogP contribution is 2.17. The van der Waals surface area contributed by atoms with Gasteiger partial charge in [-0.25, -0.2) is 9.97 Å². The Morgan fingerprint density at radius 2 is 2.18 bits per heavy atom. The lowest BCUT2D eigenvalue weighted by molar-refractivity contribution is 0.598. The van der Waals surface area contributed by atoms with E-state index >= 15 is 0 Å². The topological polar surface area (TPSA) is 114 Å². The molecule has 0 bridgehead atoms. The fourth-order valence-electron chi connectivity index (χ4n) is 1.28. The van der Waals surface area contributed by atoms with Crippen LogP contribution in [-0.2, 0) is 10.0 Å². The third-order valence-electron chi connectivity index (χ3n) is 2.09. The van der Waals surface area contributed by atoms with Crippen LogP contribution >= 0.6 is 0 Å². The Labute approximate surface area is 98.2 Å². The molecule has 0 saturated carbocycles. The first-order valence-corrected chi connectivity index (χ1v) is 6.20. The SMILES string of the molecule is Cc1cc(N)cnc1NS(=O)(=O)c1cnc[nH]1. The number of hydrogen-bond acceptors (Lipinski definition) is 5. The summed E-state index contributed by atoms with van der Waals surface area (Å²) in [6.07, 6.45) is 3.89. The van der Waals surface area contributed by atoms with Crippen LogP contribution in [0.3, 0.4) is 0 Å². The van der Waals surface area contributed by atoms with E-state index in [-0.39, 0.29) is 10.8 Å². The molecule has 0 aliphatic rings. The zero-order chi connectivity index (χ0) is 12.5. The van der Waals surface area contributed by atoms with Crippen molar-refractivity contribution in [1.29, 1.82) is 0 Å². The molecular formula is C9H11N5O2S. The average Bonchev–Trinajstić information content (AvgIpc) is 2.76. The lowest BCUT2D eigenvalue weighted by Gasteiger charge is -2.08. The number of aromatic nitrogens is 3. The largest absolute Gasteiger partial charge is 0.397 e. The number of sulfonamides is 1. The molecule has 0 aliphatic heterocycles. The van der Waals surface area contributed by atoms with E-state index in [1.807, 2.05) is 0 Å². The number of hydrogen-bond donors (Lipinski definition) is 3. The van der Waals surface area contributed by atoms with E-state index < -0.39 is 10.0 Å². The van der Waals surface area contributed by atoms with Crippen LogP contribution in [0.25, 0.3) is 0 Å². The maximum Gasteiger partial charge on any atom is 0.280 e. The summed E-state index contributed by atoms with van der Waals surface area (Å²) in [4.78, 5) is 10.1. The van der Waals surface area contributed by atoms with Crippen LogP contribution in [0.2, 0.25) is 0 Å². The Morgan fingerprint density at radius 3 is 2.76 bits per heavy atom. The van der Waals surface area contributed by atoms with Crippen molar-refractivity contribution in [3.05, 3.63) is 30.4 Å². The quantitative estimate of drug-likeness (QED) is 0.736. The zero-order valence-corrected chi connectivity index (χ0v) is 9.82. The van der Waals surface area contributed by atoms with E-state index in [0.717, 1.165) is 0 Å². The van der Waals surface area contributed by atoms with Crippen LogP contribution in [0.15, 0.2) is 29.8 Å². The molecule has 0 amide bonds. The summed E-state index contributed by atoms with van der Waals surface area (Å²) in [5.74, 6) is 0.244. The molecule has 7 nitrogen and oxygen atoms in total. The van der Waals surface area contributed by atoms with Crippen molar-refractivity contribution < 1.29 is 8.42 Å². The molecule has 90 valence electrons. The molecule has 0 radical (unpaired) electrons. The number of pyridine rings is 1. The van der Waals surface area contributed by atoms with Crippen LogP contribution in [0.4, 0.5) is 11.5 Å². The van der Waals surface area contributed by atoms with Crippen molar-refractivity contribution in [2.75, 3.05) is 10.5 Å². The Bertz CT molecular complexity index is 621. The molecule has 2 rings (SSSR count). The minimum absolute atomic E-state index is 0.0180. The number of nitrogen functional groups attached to an aromatic ring is 1. The molecule has 0 aliphatic carbocycles. The van der Waals surface area contributed by atoms with Gasteiger partial charge in [-0.1, -0.05) is 0 Å². The molecule has 0 saturated heterocycles. The minimum atomic E-state index is -3.68. The van der Waals surface area contributed by atoms with E-state index in [0.29, 0.717) is 11.3 Å². The molecule has 2 heterocycles. The standard InChI is InChI=1S/C9H11N5O2S/c1-6-2-7(10)3-12-9(6)14-17(15,16)8-4-11-5-13-8/h2-5H,10H2,1H3,(H,11,13)(H,12,14). The van der Waals surface area contributed by atoms with Crippen LogP contribution in [0.1, 0.15) is 5.56 Å². The highest BCUT2D eigenvalue weighted by molar-refractivity contribution is 7.92. The van der Waals surface area contributed by atoms with Gasteiger partial charge < -0.3 is 10.7 Å². The first-order chi connectivity index (χ1) is 7.99. The maximum atomic E-state index is 11.8. The third kappa shape index (κ3) is 2.36. The molecule has 0 fully saturated rings. The lowest BCUT2D eigenvalue weighted by atomic mass is 10.3. The van der Waals surface area contributed by atoms with Crippen LogP contribution < -0.4 is 10.5 Å². The van der Waals surface area contributed by atoms with Gasteiger partial charge in [-0.2, -0.15) is 8.42 Å². The van der Waals surface area contributed by atoms with Gasteiger partial charge in [0.25, 0.3) is 10.0 Å². The monoisotopic (exact) mass is 253 g/mol. The number of nitrogens with one attached hydrogen (secondary N) is 2. The van der Waals surface area contributed by atoms with E-state index in [1.54, 1.807) is 13.0 Å². The van der Waals surface area contributed by atoms with E-state index in [1.165, 1.54) is 18.7 Å². The van der Waals surface area contributed by atoms with Crippen molar-refractivity contribution in [3.8, 4) is 0 Å². The molecule has 2 aromatic rings. The fourth-order valence-corrected chi connectivity index (χ4v) is 2.26. The smallest absolute Gasteiger partial charge is 0.280 e.